The number of halogens is 1. The Labute approximate surface area is 175 Å². The fourth-order valence-corrected chi connectivity index (χ4v) is 3.71. The molecule has 1 saturated heterocycles. The van der Waals surface area contributed by atoms with Crippen molar-refractivity contribution in [1.82, 2.24) is 15.3 Å². The monoisotopic (exact) mass is 418 g/mol. The maximum atomic E-state index is 13.0. The van der Waals surface area contributed by atoms with Crippen LogP contribution in [0.5, 0.6) is 0 Å². The van der Waals surface area contributed by atoms with E-state index < -0.39 is 5.54 Å². The van der Waals surface area contributed by atoms with E-state index in [1.165, 1.54) is 6.33 Å². The van der Waals surface area contributed by atoms with Gasteiger partial charge in [-0.3, -0.25) is 4.79 Å². The van der Waals surface area contributed by atoms with E-state index in [1.807, 2.05) is 36.1 Å². The van der Waals surface area contributed by atoms with Crippen LogP contribution in [0.2, 0.25) is 5.02 Å². The van der Waals surface area contributed by atoms with E-state index in [1.54, 1.807) is 0 Å². The molecule has 1 fully saturated rings. The highest BCUT2D eigenvalue weighted by molar-refractivity contribution is 6.35. The number of nitrogens with two attached hydrogens (primary N) is 2. The van der Waals surface area contributed by atoms with E-state index in [-0.39, 0.29) is 24.4 Å². The lowest BCUT2D eigenvalue weighted by molar-refractivity contribution is -0.128. The van der Waals surface area contributed by atoms with Gasteiger partial charge in [0.2, 0.25) is 5.91 Å². The number of carbonyl (C=O) groups excluding carboxylic acids is 1. The van der Waals surface area contributed by atoms with Crippen LogP contribution < -0.4 is 21.7 Å². The van der Waals surface area contributed by atoms with Crippen molar-refractivity contribution in [2.45, 2.75) is 37.8 Å². The quantitative estimate of drug-likeness (QED) is 0.559. The van der Waals surface area contributed by atoms with E-state index in [4.69, 9.17) is 23.1 Å². The van der Waals surface area contributed by atoms with Crippen LogP contribution in [0, 0.1) is 6.92 Å². The van der Waals surface area contributed by atoms with Crippen LogP contribution in [-0.4, -0.2) is 46.2 Å². The molecule has 8 nitrogen and oxygen atoms in total. The molecule has 29 heavy (non-hydrogen) atoms. The van der Waals surface area contributed by atoms with Gasteiger partial charge in [-0.15, -0.1) is 0 Å². The van der Waals surface area contributed by atoms with Crippen molar-refractivity contribution >= 4 is 29.1 Å². The lowest BCUT2D eigenvalue weighted by atomic mass is 9.87. The molecule has 1 aromatic heterocycles. The number of anilines is 2. The highest BCUT2D eigenvalue weighted by Gasteiger charge is 2.39. The Morgan fingerprint density at radius 3 is 2.59 bits per heavy atom. The molecule has 0 aliphatic carbocycles. The second-order valence-electron chi connectivity index (χ2n) is 7.49. The third-order valence-electron chi connectivity index (χ3n) is 5.41. The molecule has 0 spiro atoms. The van der Waals surface area contributed by atoms with Gasteiger partial charge >= 0.3 is 0 Å². The Hall–Kier alpha value is -2.42. The summed E-state index contributed by atoms with van der Waals surface area (Å²) < 4.78 is 0. The van der Waals surface area contributed by atoms with Crippen molar-refractivity contribution in [2.24, 2.45) is 5.73 Å². The average molecular weight is 419 g/mol. The molecule has 9 heteroatoms. The maximum absolute atomic E-state index is 13.0. The van der Waals surface area contributed by atoms with Gasteiger partial charge in [0.15, 0.2) is 5.82 Å². The van der Waals surface area contributed by atoms with Crippen molar-refractivity contribution < 1.29 is 9.90 Å². The number of aryl methyl sites for hydroxylation is 1. The highest BCUT2D eigenvalue weighted by Crippen LogP contribution is 2.31. The number of nitrogens with zero attached hydrogens (tertiary/aromatic N) is 3. The second kappa shape index (κ2) is 8.94. The molecule has 1 aromatic carbocycles. The van der Waals surface area contributed by atoms with Gasteiger partial charge in [0.1, 0.15) is 17.2 Å². The van der Waals surface area contributed by atoms with E-state index in [0.717, 1.165) is 11.1 Å². The van der Waals surface area contributed by atoms with E-state index in [2.05, 4.69) is 15.3 Å². The number of aliphatic hydroxyl groups is 1. The van der Waals surface area contributed by atoms with Gasteiger partial charge in [-0.25, -0.2) is 9.97 Å². The molecule has 0 bridgehead atoms. The number of piperidine rings is 1. The van der Waals surface area contributed by atoms with Gasteiger partial charge in [-0.1, -0.05) is 41.4 Å². The maximum Gasteiger partial charge on any atom is 0.240 e. The van der Waals surface area contributed by atoms with Gasteiger partial charge in [0.25, 0.3) is 0 Å². The zero-order chi connectivity index (χ0) is 21.0. The summed E-state index contributed by atoms with van der Waals surface area (Å²) in [6, 6.07) is 7.61. The summed E-state index contributed by atoms with van der Waals surface area (Å²) in [5.41, 5.74) is 13.3. The highest BCUT2D eigenvalue weighted by atomic mass is 35.5. The molecule has 6 N–H and O–H groups in total. The molecule has 156 valence electrons. The van der Waals surface area contributed by atoms with Crippen LogP contribution in [-0.2, 0) is 4.79 Å². The zero-order valence-corrected chi connectivity index (χ0v) is 17.2. The third-order valence-corrected chi connectivity index (χ3v) is 5.77. The SMILES string of the molecule is Cc1ccc([C@H](CCO)NC(=O)C2(N)CCN(c3ncnc(N)c3Cl)CC2)cc1. The molecule has 1 aliphatic rings. The number of benzene rings is 1. The Morgan fingerprint density at radius 1 is 1.31 bits per heavy atom. The number of aromatic nitrogens is 2. The number of hydrogen-bond donors (Lipinski definition) is 4. The van der Waals surface area contributed by atoms with Gasteiger partial charge in [0.05, 0.1) is 11.6 Å². The van der Waals surface area contributed by atoms with Crippen molar-refractivity contribution in [3.8, 4) is 0 Å². The number of hydrogen-bond acceptors (Lipinski definition) is 7. The largest absolute Gasteiger partial charge is 0.396 e. The first-order valence-corrected chi connectivity index (χ1v) is 10.00. The van der Waals surface area contributed by atoms with Crippen LogP contribution in [0.25, 0.3) is 0 Å². The fourth-order valence-electron chi connectivity index (χ4n) is 3.49. The minimum Gasteiger partial charge on any atom is -0.396 e. The minimum absolute atomic E-state index is 0.0300. The molecule has 2 heterocycles. The molecule has 1 amide bonds. The first-order valence-electron chi connectivity index (χ1n) is 9.62. The summed E-state index contributed by atoms with van der Waals surface area (Å²) in [4.78, 5) is 23.0. The number of carbonyl (C=O) groups is 1. The normalized spacial score (nSPS) is 17.0. The number of nitrogens with one attached hydrogen (secondary N) is 1. The van der Waals surface area contributed by atoms with Crippen molar-refractivity contribution in [3.63, 3.8) is 0 Å². The molecule has 3 rings (SSSR count). The van der Waals surface area contributed by atoms with Gasteiger partial charge < -0.3 is 26.8 Å². The summed E-state index contributed by atoms with van der Waals surface area (Å²) in [5, 5.41) is 12.8. The zero-order valence-electron chi connectivity index (χ0n) is 16.4. The van der Waals surface area contributed by atoms with Crippen LogP contribution in [0.1, 0.15) is 36.4 Å². The Kier molecular flexibility index (Phi) is 6.56. The number of nitrogen functional groups attached to an aromatic ring is 1. The molecule has 0 radical (unpaired) electrons. The average Bonchev–Trinajstić information content (AvgIpc) is 2.71. The first-order chi connectivity index (χ1) is 13.8. The van der Waals surface area contributed by atoms with E-state index >= 15 is 0 Å². The molecule has 1 aliphatic heterocycles. The van der Waals surface area contributed by atoms with E-state index in [0.29, 0.717) is 43.2 Å². The van der Waals surface area contributed by atoms with Gasteiger partial charge in [0, 0.05) is 19.7 Å². The topological polar surface area (TPSA) is 130 Å². The first kappa shape index (κ1) is 21.3. The second-order valence-corrected chi connectivity index (χ2v) is 7.87. The molecule has 1 atom stereocenters. The summed E-state index contributed by atoms with van der Waals surface area (Å²) in [6.07, 6.45) is 2.68. The summed E-state index contributed by atoms with van der Waals surface area (Å²) in [7, 11) is 0. The third kappa shape index (κ3) is 4.77. The van der Waals surface area contributed by atoms with Crippen LogP contribution in [0.3, 0.4) is 0 Å². The lowest BCUT2D eigenvalue weighted by Crippen LogP contribution is -2.60. The summed E-state index contributed by atoms with van der Waals surface area (Å²) >= 11 is 6.22. The molecular weight excluding hydrogens is 392 g/mol. The molecular formula is C20H27ClN6O2. The van der Waals surface area contributed by atoms with Crippen molar-refractivity contribution in [2.75, 3.05) is 30.3 Å². The van der Waals surface area contributed by atoms with Gasteiger partial charge in [-0.05, 0) is 31.7 Å². The number of aliphatic hydroxyl groups excluding tert-OH is 1. The van der Waals surface area contributed by atoms with E-state index in [9.17, 15) is 9.90 Å². The Morgan fingerprint density at radius 2 is 1.97 bits per heavy atom. The van der Waals surface area contributed by atoms with Crippen LogP contribution in [0.4, 0.5) is 11.6 Å². The predicted octanol–water partition coefficient (Wildman–Crippen LogP) is 1.56. The molecule has 0 saturated carbocycles. The summed E-state index contributed by atoms with van der Waals surface area (Å²) in [5.74, 6) is 0.563. The molecule has 2 aromatic rings. The Balaban J connectivity index is 1.67. The van der Waals surface area contributed by atoms with Crippen molar-refractivity contribution in [1.29, 1.82) is 0 Å². The fraction of sp³-hybridized carbons (Fsp3) is 0.450. The van der Waals surface area contributed by atoms with Gasteiger partial charge in [-0.2, -0.15) is 0 Å². The number of amides is 1. The Bertz CT molecular complexity index is 853. The smallest absolute Gasteiger partial charge is 0.240 e. The lowest BCUT2D eigenvalue weighted by Gasteiger charge is -2.39. The minimum atomic E-state index is -1.00. The number of rotatable bonds is 6. The van der Waals surface area contributed by atoms with Crippen molar-refractivity contribution in [3.05, 3.63) is 46.7 Å². The molecule has 0 unspecified atom stereocenters. The standard InChI is InChI=1S/C20H27ClN6O2/c1-13-2-4-14(5-3-13)15(6-11-28)26-19(29)20(23)7-9-27(10-8-20)18-16(21)17(22)24-12-25-18/h2-5,12,15,28H,6-11,23H2,1H3,(H,26,29)(H2,22,24,25)/t15-/m0/s1. The van der Waals surface area contributed by atoms with Crippen LogP contribution in [0.15, 0.2) is 30.6 Å². The predicted molar refractivity (Wildman–Crippen MR) is 114 cm³/mol. The summed E-state index contributed by atoms with van der Waals surface area (Å²) in [6.45, 7) is 3.02. The van der Waals surface area contributed by atoms with Crippen LogP contribution >= 0.6 is 11.6 Å².